The van der Waals surface area contributed by atoms with Crippen LogP contribution in [0.5, 0.6) is 0 Å². The molecule has 3 aromatic rings. The summed E-state index contributed by atoms with van der Waals surface area (Å²) in [5.41, 5.74) is 2.21. The normalized spacial score (nSPS) is 10.6. The fourth-order valence-corrected chi connectivity index (χ4v) is 2.07. The van der Waals surface area contributed by atoms with Gasteiger partial charge in [0.2, 0.25) is 0 Å². The van der Waals surface area contributed by atoms with Crippen LogP contribution in [-0.2, 0) is 0 Å². The van der Waals surface area contributed by atoms with Crippen LogP contribution in [0.4, 0.5) is 15.8 Å². The Bertz CT molecular complexity index is 726. The molecule has 0 saturated heterocycles. The molecule has 19 heavy (non-hydrogen) atoms. The van der Waals surface area contributed by atoms with Crippen molar-refractivity contribution >= 4 is 33.9 Å². The average Bonchev–Trinajstić information content (AvgIpc) is 2.41. The van der Waals surface area contributed by atoms with E-state index in [1.165, 1.54) is 12.1 Å². The van der Waals surface area contributed by atoms with Crippen LogP contribution in [0.1, 0.15) is 0 Å². The summed E-state index contributed by atoms with van der Waals surface area (Å²) in [5.74, 6) is -0.294. The molecule has 4 heteroatoms. The molecule has 0 unspecified atom stereocenters. The van der Waals surface area contributed by atoms with E-state index >= 15 is 0 Å². The Morgan fingerprint density at radius 2 is 1.84 bits per heavy atom. The van der Waals surface area contributed by atoms with E-state index in [4.69, 9.17) is 11.6 Å². The van der Waals surface area contributed by atoms with Crippen LogP contribution in [0.25, 0.3) is 10.9 Å². The maximum atomic E-state index is 13.6. The van der Waals surface area contributed by atoms with Crippen molar-refractivity contribution in [1.82, 2.24) is 4.98 Å². The molecule has 0 aliphatic rings. The summed E-state index contributed by atoms with van der Waals surface area (Å²) in [7, 11) is 0. The smallest absolute Gasteiger partial charge is 0.126 e. The van der Waals surface area contributed by atoms with E-state index < -0.39 is 0 Å². The fourth-order valence-electron chi connectivity index (χ4n) is 1.94. The molecule has 1 heterocycles. The van der Waals surface area contributed by atoms with E-state index in [0.29, 0.717) is 10.7 Å². The molecule has 0 aliphatic carbocycles. The summed E-state index contributed by atoms with van der Waals surface area (Å²) < 4.78 is 13.6. The first-order valence-electron chi connectivity index (χ1n) is 5.79. The molecule has 1 N–H and O–H groups in total. The fraction of sp³-hybridized carbons (Fsp3) is 0. The second kappa shape index (κ2) is 4.86. The number of nitrogens with one attached hydrogen (secondary N) is 1. The number of hydrogen-bond donors (Lipinski definition) is 1. The number of anilines is 2. The first-order chi connectivity index (χ1) is 9.22. The van der Waals surface area contributed by atoms with Crippen molar-refractivity contribution in [2.75, 3.05) is 5.32 Å². The van der Waals surface area contributed by atoms with Crippen LogP contribution in [-0.4, -0.2) is 4.98 Å². The number of nitrogens with zero attached hydrogens (tertiary/aromatic N) is 1. The van der Waals surface area contributed by atoms with E-state index in [2.05, 4.69) is 10.3 Å². The van der Waals surface area contributed by atoms with Gasteiger partial charge in [-0.1, -0.05) is 17.7 Å². The van der Waals surface area contributed by atoms with Gasteiger partial charge in [0.05, 0.1) is 11.2 Å². The zero-order valence-corrected chi connectivity index (χ0v) is 10.7. The van der Waals surface area contributed by atoms with Crippen LogP contribution in [0, 0.1) is 5.82 Å². The largest absolute Gasteiger partial charge is 0.354 e. The third-order valence-corrected chi connectivity index (χ3v) is 3.04. The van der Waals surface area contributed by atoms with Crippen LogP contribution >= 0.6 is 11.6 Å². The summed E-state index contributed by atoms with van der Waals surface area (Å²) >= 11 is 5.83. The number of pyridine rings is 1. The van der Waals surface area contributed by atoms with Gasteiger partial charge in [-0.15, -0.1) is 0 Å². The Labute approximate surface area is 114 Å². The van der Waals surface area contributed by atoms with Crippen LogP contribution < -0.4 is 5.32 Å². The lowest BCUT2D eigenvalue weighted by Crippen LogP contribution is -1.94. The van der Waals surface area contributed by atoms with Crippen molar-refractivity contribution in [1.29, 1.82) is 0 Å². The predicted octanol–water partition coefficient (Wildman–Crippen LogP) is 4.77. The predicted molar refractivity (Wildman–Crippen MR) is 76.4 cm³/mol. The van der Waals surface area contributed by atoms with Crippen molar-refractivity contribution in [3.8, 4) is 0 Å². The minimum atomic E-state index is -0.294. The van der Waals surface area contributed by atoms with E-state index in [1.807, 2.05) is 18.2 Å². The second-order valence-electron chi connectivity index (χ2n) is 4.16. The zero-order valence-electron chi connectivity index (χ0n) is 9.90. The van der Waals surface area contributed by atoms with Gasteiger partial charge in [-0.05, 0) is 42.5 Å². The Morgan fingerprint density at radius 1 is 1.05 bits per heavy atom. The summed E-state index contributed by atoms with van der Waals surface area (Å²) in [5, 5.41) is 4.58. The van der Waals surface area contributed by atoms with Gasteiger partial charge in [0.1, 0.15) is 5.82 Å². The molecule has 0 spiro atoms. The van der Waals surface area contributed by atoms with Crippen molar-refractivity contribution < 1.29 is 4.39 Å². The third-order valence-electron chi connectivity index (χ3n) is 2.79. The van der Waals surface area contributed by atoms with E-state index in [0.717, 1.165) is 16.6 Å². The molecule has 3 rings (SSSR count). The van der Waals surface area contributed by atoms with Gasteiger partial charge in [-0.2, -0.15) is 0 Å². The quantitative estimate of drug-likeness (QED) is 0.727. The van der Waals surface area contributed by atoms with Gasteiger partial charge in [0.15, 0.2) is 0 Å². The number of hydrogen-bond acceptors (Lipinski definition) is 2. The van der Waals surface area contributed by atoms with E-state index in [1.54, 1.807) is 24.4 Å². The minimum Gasteiger partial charge on any atom is -0.354 e. The Hall–Kier alpha value is -2.13. The average molecular weight is 273 g/mol. The molecule has 2 nitrogen and oxygen atoms in total. The van der Waals surface area contributed by atoms with Crippen molar-refractivity contribution in [2.24, 2.45) is 0 Å². The van der Waals surface area contributed by atoms with Gasteiger partial charge < -0.3 is 5.32 Å². The molecule has 0 saturated carbocycles. The Kier molecular flexibility index (Phi) is 3.05. The first kappa shape index (κ1) is 11.9. The van der Waals surface area contributed by atoms with Crippen LogP contribution in [0.3, 0.4) is 0 Å². The molecule has 0 bridgehead atoms. The number of benzene rings is 2. The molecule has 0 aliphatic heterocycles. The molecule has 1 aromatic heterocycles. The van der Waals surface area contributed by atoms with Crippen LogP contribution in [0.2, 0.25) is 5.02 Å². The highest BCUT2D eigenvalue weighted by Crippen LogP contribution is 2.26. The topological polar surface area (TPSA) is 24.9 Å². The second-order valence-corrected chi connectivity index (χ2v) is 4.60. The van der Waals surface area contributed by atoms with Gasteiger partial charge in [0, 0.05) is 22.3 Å². The molecule has 0 atom stereocenters. The number of halogens is 2. The summed E-state index contributed by atoms with van der Waals surface area (Å²) in [6, 6.07) is 13.7. The number of rotatable bonds is 2. The Morgan fingerprint density at radius 3 is 2.63 bits per heavy atom. The molecule has 94 valence electrons. The molecule has 0 radical (unpaired) electrons. The molecular formula is C15H10ClFN2. The maximum absolute atomic E-state index is 13.6. The van der Waals surface area contributed by atoms with Gasteiger partial charge >= 0.3 is 0 Å². The Balaban J connectivity index is 2.07. The highest BCUT2D eigenvalue weighted by atomic mass is 35.5. The maximum Gasteiger partial charge on any atom is 0.126 e. The van der Waals surface area contributed by atoms with Crippen molar-refractivity contribution in [3.63, 3.8) is 0 Å². The summed E-state index contributed by atoms with van der Waals surface area (Å²) in [4.78, 5) is 4.28. The van der Waals surface area contributed by atoms with Crippen LogP contribution in [0.15, 0.2) is 54.7 Å². The standard InChI is InChI=1S/C15H10ClFN2/c16-11-3-5-13(6-4-11)19-14-9-12(17)8-10-2-1-7-18-15(10)14/h1-9,19H. The van der Waals surface area contributed by atoms with Gasteiger partial charge in [0.25, 0.3) is 0 Å². The monoisotopic (exact) mass is 272 g/mol. The molecule has 0 amide bonds. The SMILES string of the molecule is Fc1cc(Nc2ccc(Cl)cc2)c2ncccc2c1. The zero-order chi connectivity index (χ0) is 13.2. The number of aromatic nitrogens is 1. The highest BCUT2D eigenvalue weighted by Gasteiger charge is 2.05. The van der Waals surface area contributed by atoms with Crippen molar-refractivity contribution in [2.45, 2.75) is 0 Å². The van der Waals surface area contributed by atoms with Gasteiger partial charge in [-0.25, -0.2) is 4.39 Å². The first-order valence-corrected chi connectivity index (χ1v) is 6.17. The molecular weight excluding hydrogens is 263 g/mol. The summed E-state index contributed by atoms with van der Waals surface area (Å²) in [6.45, 7) is 0. The molecule has 2 aromatic carbocycles. The van der Waals surface area contributed by atoms with E-state index in [-0.39, 0.29) is 5.82 Å². The van der Waals surface area contributed by atoms with Gasteiger partial charge in [-0.3, -0.25) is 4.98 Å². The molecule has 0 fully saturated rings. The van der Waals surface area contributed by atoms with E-state index in [9.17, 15) is 4.39 Å². The highest BCUT2D eigenvalue weighted by molar-refractivity contribution is 6.30. The lowest BCUT2D eigenvalue weighted by Gasteiger charge is -2.09. The lowest BCUT2D eigenvalue weighted by molar-refractivity contribution is 0.630. The summed E-state index contributed by atoms with van der Waals surface area (Å²) in [6.07, 6.45) is 1.69. The lowest BCUT2D eigenvalue weighted by atomic mass is 10.1. The minimum absolute atomic E-state index is 0.294. The number of fused-ring (bicyclic) bond motifs is 1. The third kappa shape index (κ3) is 2.51. The van der Waals surface area contributed by atoms with Crippen molar-refractivity contribution in [3.05, 3.63) is 65.6 Å².